The van der Waals surface area contributed by atoms with E-state index < -0.39 is 21.7 Å². The van der Waals surface area contributed by atoms with Crippen molar-refractivity contribution < 1.29 is 17.6 Å². The predicted octanol–water partition coefficient (Wildman–Crippen LogP) is 2.38. The number of halogens is 2. The number of carbonyl (C=O) groups excluding carboxylic acids is 1. The Morgan fingerprint density at radius 3 is 2.48 bits per heavy atom. The molecule has 0 aliphatic carbocycles. The van der Waals surface area contributed by atoms with Crippen molar-refractivity contribution in [2.45, 2.75) is 4.90 Å². The third-order valence-electron chi connectivity index (χ3n) is 2.62. The van der Waals surface area contributed by atoms with Crippen LogP contribution < -0.4 is 10.5 Å². The maximum absolute atomic E-state index is 13.0. The minimum Gasteiger partial charge on any atom is -0.366 e. The average molecular weight is 329 g/mol. The molecule has 8 heteroatoms. The van der Waals surface area contributed by atoms with Gasteiger partial charge in [-0.25, -0.2) is 12.8 Å². The second kappa shape index (κ2) is 5.71. The Kier molecular flexibility index (Phi) is 4.15. The van der Waals surface area contributed by atoms with Crippen LogP contribution in [0, 0.1) is 5.82 Å². The van der Waals surface area contributed by atoms with Crippen molar-refractivity contribution in [3.63, 3.8) is 0 Å². The molecule has 0 aromatic heterocycles. The van der Waals surface area contributed by atoms with Gasteiger partial charge in [-0.1, -0.05) is 23.7 Å². The molecule has 0 aliphatic heterocycles. The molecule has 3 N–H and O–H groups in total. The van der Waals surface area contributed by atoms with Crippen LogP contribution in [-0.2, 0) is 10.0 Å². The van der Waals surface area contributed by atoms with Gasteiger partial charge in [-0.3, -0.25) is 9.52 Å². The number of rotatable bonds is 4. The van der Waals surface area contributed by atoms with Crippen LogP contribution >= 0.6 is 11.6 Å². The zero-order valence-corrected chi connectivity index (χ0v) is 12.1. The molecule has 0 bridgehead atoms. The molecule has 2 aromatic rings. The number of benzene rings is 2. The highest BCUT2D eigenvalue weighted by Gasteiger charge is 2.20. The standard InChI is InChI=1S/C13H10ClFN2O3S/c14-10-7-8(15)5-6-12(10)21(19,20)17-11-4-2-1-3-9(11)13(16)18/h1-7,17H,(H2,16,18). The van der Waals surface area contributed by atoms with Crippen molar-refractivity contribution >= 4 is 33.2 Å². The van der Waals surface area contributed by atoms with E-state index in [1.807, 2.05) is 0 Å². The second-order valence-electron chi connectivity index (χ2n) is 4.09. The fourth-order valence-electron chi connectivity index (χ4n) is 1.68. The van der Waals surface area contributed by atoms with E-state index in [4.69, 9.17) is 17.3 Å². The fraction of sp³-hybridized carbons (Fsp3) is 0. The minimum absolute atomic E-state index is 0.0132. The molecule has 0 saturated heterocycles. The number of anilines is 1. The highest BCUT2D eigenvalue weighted by atomic mass is 35.5. The maximum atomic E-state index is 13.0. The van der Waals surface area contributed by atoms with Gasteiger partial charge in [0, 0.05) is 0 Å². The summed E-state index contributed by atoms with van der Waals surface area (Å²) in [6.07, 6.45) is 0. The van der Waals surface area contributed by atoms with Crippen LogP contribution in [0.3, 0.4) is 0 Å². The Labute approximate surface area is 125 Å². The van der Waals surface area contributed by atoms with Gasteiger partial charge in [0.15, 0.2) is 0 Å². The Hall–Kier alpha value is -2.12. The summed E-state index contributed by atoms with van der Waals surface area (Å²) in [4.78, 5) is 11.0. The van der Waals surface area contributed by atoms with E-state index in [2.05, 4.69) is 4.72 Å². The third-order valence-corrected chi connectivity index (χ3v) is 4.47. The first-order valence-corrected chi connectivity index (χ1v) is 7.54. The predicted molar refractivity (Wildman–Crippen MR) is 77.2 cm³/mol. The van der Waals surface area contributed by atoms with Crippen LogP contribution in [0.1, 0.15) is 10.4 Å². The van der Waals surface area contributed by atoms with Gasteiger partial charge in [-0.15, -0.1) is 0 Å². The molecule has 0 atom stereocenters. The highest BCUT2D eigenvalue weighted by Crippen LogP contribution is 2.25. The quantitative estimate of drug-likeness (QED) is 0.903. The summed E-state index contributed by atoms with van der Waals surface area (Å²) in [5, 5.41) is -0.265. The Balaban J connectivity index is 2.45. The van der Waals surface area contributed by atoms with E-state index in [1.165, 1.54) is 18.2 Å². The molecule has 0 radical (unpaired) electrons. The molecule has 2 aromatic carbocycles. The number of carbonyl (C=O) groups is 1. The summed E-state index contributed by atoms with van der Waals surface area (Å²) >= 11 is 5.73. The molecule has 0 heterocycles. The van der Waals surface area contributed by atoms with Crippen molar-refractivity contribution in [1.29, 1.82) is 0 Å². The van der Waals surface area contributed by atoms with Gasteiger partial charge in [0.05, 0.1) is 16.3 Å². The van der Waals surface area contributed by atoms with Gasteiger partial charge >= 0.3 is 0 Å². The summed E-state index contributed by atoms with van der Waals surface area (Å²) in [6.45, 7) is 0. The zero-order chi connectivity index (χ0) is 15.6. The lowest BCUT2D eigenvalue weighted by Crippen LogP contribution is -2.18. The van der Waals surface area contributed by atoms with E-state index in [0.29, 0.717) is 0 Å². The van der Waals surface area contributed by atoms with Crippen LogP contribution in [0.5, 0.6) is 0 Å². The SMILES string of the molecule is NC(=O)c1ccccc1NS(=O)(=O)c1ccc(F)cc1Cl. The molecule has 0 spiro atoms. The first-order valence-electron chi connectivity index (χ1n) is 5.68. The number of hydrogen-bond acceptors (Lipinski definition) is 3. The largest absolute Gasteiger partial charge is 0.366 e. The van der Waals surface area contributed by atoms with Crippen molar-refractivity contribution in [3.8, 4) is 0 Å². The number of hydrogen-bond donors (Lipinski definition) is 2. The lowest BCUT2D eigenvalue weighted by atomic mass is 10.2. The van der Waals surface area contributed by atoms with E-state index in [9.17, 15) is 17.6 Å². The second-order valence-corrected chi connectivity index (χ2v) is 6.15. The van der Waals surface area contributed by atoms with Crippen LogP contribution in [0.25, 0.3) is 0 Å². The lowest BCUT2D eigenvalue weighted by molar-refractivity contribution is 0.100. The van der Waals surface area contributed by atoms with Gasteiger partial charge in [0.25, 0.3) is 15.9 Å². The zero-order valence-electron chi connectivity index (χ0n) is 10.5. The van der Waals surface area contributed by atoms with Crippen molar-refractivity contribution in [2.24, 2.45) is 5.73 Å². The van der Waals surface area contributed by atoms with E-state index >= 15 is 0 Å². The highest BCUT2D eigenvalue weighted by molar-refractivity contribution is 7.92. The number of primary amides is 1. The summed E-state index contributed by atoms with van der Waals surface area (Å²) < 4.78 is 39.7. The molecule has 110 valence electrons. The third kappa shape index (κ3) is 3.32. The fourth-order valence-corrected chi connectivity index (χ4v) is 3.29. The van der Waals surface area contributed by atoms with Crippen LogP contribution in [0.4, 0.5) is 10.1 Å². The van der Waals surface area contributed by atoms with Crippen LogP contribution in [0.15, 0.2) is 47.4 Å². The monoisotopic (exact) mass is 328 g/mol. The van der Waals surface area contributed by atoms with Crippen molar-refractivity contribution in [1.82, 2.24) is 0 Å². The molecule has 1 amide bonds. The van der Waals surface area contributed by atoms with Gasteiger partial charge in [0.2, 0.25) is 0 Å². The Bertz CT molecular complexity index is 809. The molecular formula is C13H10ClFN2O3S. The van der Waals surface area contributed by atoms with Gasteiger partial charge in [0.1, 0.15) is 10.7 Å². The number of nitrogens with one attached hydrogen (secondary N) is 1. The summed E-state index contributed by atoms with van der Waals surface area (Å²) in [5.74, 6) is -1.44. The summed E-state index contributed by atoms with van der Waals surface area (Å²) in [6, 6.07) is 8.74. The topological polar surface area (TPSA) is 89.3 Å². The van der Waals surface area contributed by atoms with Gasteiger partial charge in [-0.2, -0.15) is 0 Å². The molecule has 5 nitrogen and oxygen atoms in total. The van der Waals surface area contributed by atoms with Crippen LogP contribution in [-0.4, -0.2) is 14.3 Å². The number of para-hydroxylation sites is 1. The summed E-state index contributed by atoms with van der Waals surface area (Å²) in [7, 11) is -4.07. The maximum Gasteiger partial charge on any atom is 0.263 e. The molecular weight excluding hydrogens is 319 g/mol. The lowest BCUT2D eigenvalue weighted by Gasteiger charge is -2.11. The van der Waals surface area contributed by atoms with Crippen LogP contribution in [0.2, 0.25) is 5.02 Å². The van der Waals surface area contributed by atoms with E-state index in [-0.39, 0.29) is 21.2 Å². The normalized spacial score (nSPS) is 11.1. The number of nitrogens with two attached hydrogens (primary N) is 1. The van der Waals surface area contributed by atoms with E-state index in [1.54, 1.807) is 6.07 Å². The molecule has 2 rings (SSSR count). The number of amides is 1. The first-order chi connectivity index (χ1) is 9.81. The van der Waals surface area contributed by atoms with Gasteiger partial charge < -0.3 is 5.73 Å². The van der Waals surface area contributed by atoms with E-state index in [0.717, 1.165) is 18.2 Å². The molecule has 0 fully saturated rings. The first kappa shape index (κ1) is 15.3. The average Bonchev–Trinajstić information content (AvgIpc) is 2.37. The summed E-state index contributed by atoms with van der Waals surface area (Å²) in [5.41, 5.74) is 5.20. The van der Waals surface area contributed by atoms with Crippen molar-refractivity contribution in [2.75, 3.05) is 4.72 Å². The Morgan fingerprint density at radius 2 is 1.86 bits per heavy atom. The smallest absolute Gasteiger partial charge is 0.263 e. The molecule has 0 aliphatic rings. The minimum atomic E-state index is -4.07. The molecule has 21 heavy (non-hydrogen) atoms. The van der Waals surface area contributed by atoms with Gasteiger partial charge in [-0.05, 0) is 30.3 Å². The number of sulfonamides is 1. The Morgan fingerprint density at radius 1 is 1.19 bits per heavy atom. The molecule has 0 saturated carbocycles. The van der Waals surface area contributed by atoms with Crippen molar-refractivity contribution in [3.05, 3.63) is 58.9 Å². The molecule has 0 unspecified atom stereocenters.